The summed E-state index contributed by atoms with van der Waals surface area (Å²) in [5, 5.41) is 2.70. The van der Waals surface area contributed by atoms with Crippen molar-refractivity contribution in [2.24, 2.45) is 0 Å². The third kappa shape index (κ3) is 6.46. The van der Waals surface area contributed by atoms with Gasteiger partial charge in [-0.1, -0.05) is 13.0 Å². The molecule has 166 valence electrons. The first-order valence-electron chi connectivity index (χ1n) is 10.6. The van der Waals surface area contributed by atoms with Gasteiger partial charge in [0, 0.05) is 24.9 Å². The molecule has 1 N–H and O–H groups in total. The summed E-state index contributed by atoms with van der Waals surface area (Å²) in [6.45, 7) is 7.54. The van der Waals surface area contributed by atoms with Crippen LogP contribution in [-0.2, 0) is 9.53 Å². The van der Waals surface area contributed by atoms with E-state index in [0.717, 1.165) is 12.0 Å². The van der Waals surface area contributed by atoms with Crippen LogP contribution in [0.5, 0.6) is 11.5 Å². The lowest BCUT2D eigenvalue weighted by atomic mass is 10.2. The molecule has 0 bridgehead atoms. The number of morpholine rings is 1. The highest BCUT2D eigenvalue weighted by atomic mass is 19.1. The van der Waals surface area contributed by atoms with Gasteiger partial charge in [0.15, 0.2) is 11.5 Å². The summed E-state index contributed by atoms with van der Waals surface area (Å²) < 4.78 is 31.1. The summed E-state index contributed by atoms with van der Waals surface area (Å²) in [7, 11) is 0. The molecule has 1 aliphatic rings. The maximum Gasteiger partial charge on any atom is 0.248 e. The molecule has 0 spiro atoms. The summed E-state index contributed by atoms with van der Waals surface area (Å²) in [5.41, 5.74) is 1.73. The van der Waals surface area contributed by atoms with E-state index in [1.807, 2.05) is 36.9 Å². The van der Waals surface area contributed by atoms with E-state index in [-0.39, 0.29) is 11.7 Å². The number of ether oxygens (including phenoxy) is 3. The number of anilines is 2. The fourth-order valence-electron chi connectivity index (χ4n) is 3.23. The van der Waals surface area contributed by atoms with E-state index in [0.29, 0.717) is 62.4 Å². The van der Waals surface area contributed by atoms with Crippen molar-refractivity contribution in [2.75, 3.05) is 49.7 Å². The van der Waals surface area contributed by atoms with Gasteiger partial charge in [-0.25, -0.2) is 4.39 Å². The Bertz CT molecular complexity index is 910. The predicted octanol–water partition coefficient (Wildman–Crippen LogP) is 4.50. The molecule has 1 fully saturated rings. The van der Waals surface area contributed by atoms with E-state index in [1.165, 1.54) is 12.1 Å². The summed E-state index contributed by atoms with van der Waals surface area (Å²) in [6.07, 6.45) is 3.99. The zero-order valence-corrected chi connectivity index (χ0v) is 18.0. The van der Waals surface area contributed by atoms with Gasteiger partial charge in [0.05, 0.1) is 32.1 Å². The van der Waals surface area contributed by atoms with Crippen molar-refractivity contribution in [1.29, 1.82) is 0 Å². The number of hydrogen-bond donors (Lipinski definition) is 1. The lowest BCUT2D eigenvalue weighted by Crippen LogP contribution is -2.36. The Hall–Kier alpha value is -3.06. The first-order valence-corrected chi connectivity index (χ1v) is 10.6. The van der Waals surface area contributed by atoms with Crippen molar-refractivity contribution in [2.45, 2.75) is 20.3 Å². The summed E-state index contributed by atoms with van der Waals surface area (Å²) in [5.74, 6) is 0.607. The molecular formula is C24H29FN2O4. The van der Waals surface area contributed by atoms with Crippen molar-refractivity contribution in [1.82, 2.24) is 0 Å². The zero-order valence-electron chi connectivity index (χ0n) is 18.0. The molecule has 2 aromatic carbocycles. The number of carbonyl (C=O) groups excluding carboxylic acids is 1. The molecule has 0 aliphatic carbocycles. The number of carbonyl (C=O) groups is 1. The highest BCUT2D eigenvalue weighted by Crippen LogP contribution is 2.29. The van der Waals surface area contributed by atoms with Crippen molar-refractivity contribution in [3.05, 3.63) is 53.9 Å². The number of benzene rings is 2. The third-order valence-electron chi connectivity index (χ3n) is 4.72. The number of nitrogens with one attached hydrogen (secondary N) is 1. The van der Waals surface area contributed by atoms with Crippen LogP contribution < -0.4 is 19.7 Å². The Morgan fingerprint density at radius 1 is 1.13 bits per heavy atom. The Balaban J connectivity index is 1.63. The third-order valence-corrected chi connectivity index (χ3v) is 4.72. The van der Waals surface area contributed by atoms with Gasteiger partial charge >= 0.3 is 0 Å². The zero-order chi connectivity index (χ0) is 22.1. The second-order valence-corrected chi connectivity index (χ2v) is 7.08. The van der Waals surface area contributed by atoms with E-state index >= 15 is 0 Å². The molecule has 2 aromatic rings. The average molecular weight is 429 g/mol. The molecule has 1 aliphatic heterocycles. The molecule has 7 heteroatoms. The molecule has 0 atom stereocenters. The first kappa shape index (κ1) is 22.6. The van der Waals surface area contributed by atoms with Crippen molar-refractivity contribution < 1.29 is 23.4 Å². The van der Waals surface area contributed by atoms with Crippen LogP contribution in [0.4, 0.5) is 15.8 Å². The SMILES string of the molecule is CCCOc1ccc(/C=C/C(=O)Nc2ccc(N3CCOCC3)c(F)c2)cc1OCC. The Kier molecular flexibility index (Phi) is 8.29. The van der Waals surface area contributed by atoms with E-state index in [9.17, 15) is 9.18 Å². The Labute approximate surface area is 182 Å². The molecule has 31 heavy (non-hydrogen) atoms. The standard InChI is InChI=1S/C24H29FN2O4/c1-3-13-31-22-9-5-18(16-23(22)30-4-2)6-10-24(28)26-19-7-8-21(20(25)17-19)27-11-14-29-15-12-27/h5-10,16-17H,3-4,11-15H2,1-2H3,(H,26,28)/b10-6+. The highest BCUT2D eigenvalue weighted by molar-refractivity contribution is 6.02. The molecular weight excluding hydrogens is 399 g/mol. The van der Waals surface area contributed by atoms with E-state index in [1.54, 1.807) is 18.2 Å². The molecule has 1 saturated heterocycles. The maximum absolute atomic E-state index is 14.5. The molecule has 6 nitrogen and oxygen atoms in total. The van der Waals surface area contributed by atoms with Crippen LogP contribution in [0.15, 0.2) is 42.5 Å². The van der Waals surface area contributed by atoms with Crippen molar-refractivity contribution >= 4 is 23.4 Å². The second kappa shape index (κ2) is 11.4. The molecule has 0 radical (unpaired) electrons. The monoisotopic (exact) mass is 428 g/mol. The van der Waals surface area contributed by atoms with E-state index in [2.05, 4.69) is 5.32 Å². The number of nitrogens with zero attached hydrogens (tertiary/aromatic N) is 1. The van der Waals surface area contributed by atoms with Crippen molar-refractivity contribution in [3.8, 4) is 11.5 Å². The van der Waals surface area contributed by atoms with Crippen LogP contribution in [0.1, 0.15) is 25.8 Å². The topological polar surface area (TPSA) is 60.0 Å². The number of amides is 1. The number of hydrogen-bond acceptors (Lipinski definition) is 5. The van der Waals surface area contributed by atoms with E-state index in [4.69, 9.17) is 14.2 Å². The van der Waals surface area contributed by atoms with Gasteiger partial charge in [0.2, 0.25) is 5.91 Å². The van der Waals surface area contributed by atoms with Crippen LogP contribution in [0.25, 0.3) is 6.08 Å². The summed E-state index contributed by atoms with van der Waals surface area (Å²) >= 11 is 0. The minimum atomic E-state index is -0.368. The lowest BCUT2D eigenvalue weighted by Gasteiger charge is -2.29. The van der Waals surface area contributed by atoms with E-state index < -0.39 is 0 Å². The number of halogens is 1. The largest absolute Gasteiger partial charge is 0.490 e. The fraction of sp³-hybridized carbons (Fsp3) is 0.375. The van der Waals surface area contributed by atoms with Crippen LogP contribution in [-0.4, -0.2) is 45.4 Å². The average Bonchev–Trinajstić information content (AvgIpc) is 2.78. The van der Waals surface area contributed by atoms with Crippen LogP contribution in [0, 0.1) is 5.82 Å². The molecule has 1 heterocycles. The normalized spacial score (nSPS) is 14.0. The molecule has 1 amide bonds. The predicted molar refractivity (Wildman–Crippen MR) is 120 cm³/mol. The lowest BCUT2D eigenvalue weighted by molar-refractivity contribution is -0.111. The van der Waals surface area contributed by atoms with Crippen LogP contribution in [0.3, 0.4) is 0 Å². The van der Waals surface area contributed by atoms with Gasteiger partial charge in [-0.2, -0.15) is 0 Å². The highest BCUT2D eigenvalue weighted by Gasteiger charge is 2.15. The van der Waals surface area contributed by atoms with Crippen molar-refractivity contribution in [3.63, 3.8) is 0 Å². The number of rotatable bonds is 9. The van der Waals surface area contributed by atoms with Gasteiger partial charge in [-0.15, -0.1) is 0 Å². The Morgan fingerprint density at radius 2 is 1.94 bits per heavy atom. The van der Waals surface area contributed by atoms with Gasteiger partial charge in [-0.05, 0) is 55.3 Å². The minimum absolute atomic E-state index is 0.345. The molecule has 3 rings (SSSR count). The maximum atomic E-state index is 14.5. The van der Waals surface area contributed by atoms with Gasteiger partial charge in [-0.3, -0.25) is 4.79 Å². The van der Waals surface area contributed by atoms with Crippen LogP contribution >= 0.6 is 0 Å². The second-order valence-electron chi connectivity index (χ2n) is 7.08. The smallest absolute Gasteiger partial charge is 0.248 e. The molecule has 0 saturated carbocycles. The quantitative estimate of drug-likeness (QED) is 0.596. The Morgan fingerprint density at radius 3 is 2.65 bits per heavy atom. The summed E-state index contributed by atoms with van der Waals surface area (Å²) in [4.78, 5) is 14.2. The first-order chi connectivity index (χ1) is 15.1. The minimum Gasteiger partial charge on any atom is -0.490 e. The van der Waals surface area contributed by atoms with Crippen LogP contribution in [0.2, 0.25) is 0 Å². The fourth-order valence-corrected chi connectivity index (χ4v) is 3.23. The summed E-state index contributed by atoms with van der Waals surface area (Å²) in [6, 6.07) is 10.2. The van der Waals surface area contributed by atoms with Gasteiger partial charge in [0.1, 0.15) is 5.82 Å². The molecule has 0 unspecified atom stereocenters. The molecule has 0 aromatic heterocycles. The van der Waals surface area contributed by atoms with Gasteiger partial charge < -0.3 is 24.4 Å². The van der Waals surface area contributed by atoms with Gasteiger partial charge in [0.25, 0.3) is 0 Å².